The van der Waals surface area contributed by atoms with Crippen molar-refractivity contribution in [3.05, 3.63) is 245 Å². The minimum Gasteiger partial charge on any atom is -0.507 e. The number of piperidine rings is 3. The van der Waals surface area contributed by atoms with Crippen LogP contribution in [0.5, 0.6) is 34.5 Å². The number of aromatic hydroxyl groups is 4. The van der Waals surface area contributed by atoms with Crippen LogP contribution in [0.25, 0.3) is 66.9 Å². The van der Waals surface area contributed by atoms with Crippen molar-refractivity contribution in [3.63, 3.8) is 0 Å². The number of halogens is 3. The third-order valence-corrected chi connectivity index (χ3v) is 28.1. The molecule has 0 aliphatic carbocycles. The van der Waals surface area contributed by atoms with Gasteiger partial charge in [-0.2, -0.15) is 0 Å². The molecule has 798 valence electrons. The summed E-state index contributed by atoms with van der Waals surface area (Å²) in [6.45, 7) is 10.5. The molecule has 0 radical (unpaired) electrons. The highest BCUT2D eigenvalue weighted by atomic mass is 35.5. The Labute approximate surface area is 882 Å². The van der Waals surface area contributed by atoms with E-state index in [1.165, 1.54) is 146 Å². The molecule has 0 saturated carbocycles. The summed E-state index contributed by atoms with van der Waals surface area (Å²) in [6.07, 6.45) is 63.9. The number of hydrogen-bond acceptors (Lipinski definition) is 24. The fourth-order valence-corrected chi connectivity index (χ4v) is 19.7. The number of carbonyl (C=O) groups is 3. The number of carbonyl (C=O) groups excluding carboxylic acids is 3. The molecule has 3 fully saturated rings. The van der Waals surface area contributed by atoms with Crippen LogP contribution < -0.4 is 25.8 Å². The average molecular weight is 2080 g/mol. The predicted octanol–water partition coefficient (Wildman–Crippen LogP) is 30.1. The van der Waals surface area contributed by atoms with E-state index in [1.807, 2.05) is 35.8 Å². The van der Waals surface area contributed by atoms with E-state index in [0.29, 0.717) is 120 Å². The van der Waals surface area contributed by atoms with Gasteiger partial charge in [0.05, 0.1) is 47.1 Å². The van der Waals surface area contributed by atoms with E-state index in [0.717, 1.165) is 109 Å². The first-order valence-corrected chi connectivity index (χ1v) is 54.8. The Morgan fingerprint density at radius 3 is 1.03 bits per heavy atom. The quantitative estimate of drug-likeness (QED) is 0.00678. The monoisotopic (exact) mass is 2080 g/mol. The largest absolute Gasteiger partial charge is 0.513 e. The molecule has 3 aliphatic heterocycles. The molecule has 9 aromatic rings. The molecule has 6 atom stereocenters. The number of ether oxygens (including phenoxy) is 6. The van der Waals surface area contributed by atoms with Crippen LogP contribution >= 0.6 is 34.8 Å². The van der Waals surface area contributed by atoms with Crippen molar-refractivity contribution in [3.8, 4) is 68.5 Å². The lowest BCUT2D eigenvalue weighted by Gasteiger charge is -2.36. The van der Waals surface area contributed by atoms with Crippen molar-refractivity contribution in [2.75, 3.05) is 80.2 Å². The van der Waals surface area contributed by atoms with Gasteiger partial charge in [0.15, 0.2) is 22.0 Å². The maximum atomic E-state index is 13.6. The first-order valence-electron chi connectivity index (χ1n) is 53.7. The molecular formula is C120H156Cl3N3O21. The Kier molecular flexibility index (Phi) is 52.3. The fraction of sp³-hybridized carbons (Fsp3) is 0.500. The number of fused-ring (bicyclic) bond motifs is 3. The number of likely N-dealkylation sites (N-methyl/N-ethyl adjacent to an activating group) is 3. The highest BCUT2D eigenvalue weighted by molar-refractivity contribution is 6.34. The lowest BCUT2D eigenvalue weighted by atomic mass is 9.85. The number of rotatable bonds is 54. The van der Waals surface area contributed by atoms with Crippen LogP contribution in [-0.2, 0) is 18.9 Å². The van der Waals surface area contributed by atoms with Gasteiger partial charge in [0.2, 0.25) is 0 Å². The molecular weight excluding hydrogens is 1930 g/mol. The number of β-amino-alcohol motifs (C(OH)–C–C–N with tert-alkyl or cyclic N) is 2. The van der Waals surface area contributed by atoms with Gasteiger partial charge in [0, 0.05) is 107 Å². The molecule has 12 rings (SSSR count). The first kappa shape index (κ1) is 118. The van der Waals surface area contributed by atoms with E-state index in [-0.39, 0.29) is 93.0 Å². The van der Waals surface area contributed by atoms with Crippen LogP contribution in [0.2, 0.25) is 15.1 Å². The fourth-order valence-electron chi connectivity index (χ4n) is 19.1. The van der Waals surface area contributed by atoms with E-state index < -0.39 is 82.3 Å². The molecule has 6 heterocycles. The van der Waals surface area contributed by atoms with Gasteiger partial charge in [-0.15, -0.1) is 0 Å². The Morgan fingerprint density at radius 1 is 0.347 bits per heavy atom. The third kappa shape index (κ3) is 38.2. The molecule has 6 N–H and O–H groups in total. The molecule has 3 saturated heterocycles. The number of likely N-dealkylation sites (tertiary alicyclic amines) is 3. The van der Waals surface area contributed by atoms with E-state index in [1.54, 1.807) is 72.8 Å². The topological polar surface area (TPSA) is 328 Å². The second kappa shape index (κ2) is 65.1. The second-order valence-corrected chi connectivity index (χ2v) is 40.2. The van der Waals surface area contributed by atoms with Crippen LogP contribution in [-0.4, -0.2) is 162 Å². The van der Waals surface area contributed by atoms with Gasteiger partial charge in [-0.25, -0.2) is 14.4 Å². The van der Waals surface area contributed by atoms with Crippen molar-refractivity contribution in [1.82, 2.24) is 14.7 Å². The molecule has 0 spiro atoms. The number of aliphatic hydroxyl groups is 2. The molecule has 3 aromatic heterocycles. The number of aliphatic hydroxyl groups excluding tert-OH is 2. The van der Waals surface area contributed by atoms with Crippen molar-refractivity contribution < 1.29 is 86.7 Å². The summed E-state index contributed by atoms with van der Waals surface area (Å²) in [4.78, 5) is 84.6. The molecule has 3 aliphatic rings. The number of nitrogens with zero attached hydrogens (tertiary/aromatic N) is 3. The van der Waals surface area contributed by atoms with Gasteiger partial charge in [-0.1, -0.05) is 280 Å². The summed E-state index contributed by atoms with van der Waals surface area (Å²) in [7, 11) is 5.74. The predicted molar refractivity (Wildman–Crippen MR) is 590 cm³/mol. The van der Waals surface area contributed by atoms with Crippen molar-refractivity contribution >= 4 is 86.2 Å². The van der Waals surface area contributed by atoms with Crippen LogP contribution in [0.3, 0.4) is 0 Å². The lowest BCUT2D eigenvalue weighted by molar-refractivity contribution is -0.0114. The van der Waals surface area contributed by atoms with E-state index in [4.69, 9.17) is 76.5 Å². The zero-order valence-corrected chi connectivity index (χ0v) is 89.3. The Balaban J connectivity index is 0.000000226. The first-order chi connectivity index (χ1) is 71.4. The number of allylic oxidation sites excluding steroid dienone is 12. The highest BCUT2D eigenvalue weighted by Crippen LogP contribution is 2.49. The summed E-state index contributed by atoms with van der Waals surface area (Å²) in [5, 5.41) is 67.0. The zero-order valence-electron chi connectivity index (χ0n) is 87.0. The Morgan fingerprint density at radius 2 is 0.646 bits per heavy atom. The van der Waals surface area contributed by atoms with Crippen molar-refractivity contribution in [2.45, 2.75) is 307 Å². The number of phenols is 4. The molecule has 24 nitrogen and oxygen atoms in total. The minimum atomic E-state index is -0.968. The number of unbranched alkanes of at least 4 members (excludes halogenated alkanes) is 27. The number of benzene rings is 6. The molecule has 0 bridgehead atoms. The Hall–Kier alpha value is -10.9. The number of hydrogen-bond donors (Lipinski definition) is 6. The molecule has 147 heavy (non-hydrogen) atoms. The van der Waals surface area contributed by atoms with Gasteiger partial charge in [-0.05, 0) is 212 Å². The van der Waals surface area contributed by atoms with Crippen molar-refractivity contribution in [1.29, 1.82) is 0 Å². The summed E-state index contributed by atoms with van der Waals surface area (Å²) in [5.41, 5.74) is 1.12. The van der Waals surface area contributed by atoms with Gasteiger partial charge < -0.3 is 87.0 Å². The average Bonchev–Trinajstić information content (AvgIpc) is 0.753. The maximum absolute atomic E-state index is 13.6. The summed E-state index contributed by atoms with van der Waals surface area (Å²) in [6, 6.07) is 28.3. The molecule has 27 heteroatoms. The van der Waals surface area contributed by atoms with Gasteiger partial charge in [-0.3, -0.25) is 14.4 Å². The summed E-state index contributed by atoms with van der Waals surface area (Å²) in [5.74, 6) is -2.41. The molecule has 6 aromatic carbocycles. The normalized spacial score (nSPS) is 17.0. The maximum Gasteiger partial charge on any atom is 0.513 e. The lowest BCUT2D eigenvalue weighted by Crippen LogP contribution is -2.43. The minimum absolute atomic E-state index is 0.0135. The summed E-state index contributed by atoms with van der Waals surface area (Å²) >= 11 is 19.2. The van der Waals surface area contributed by atoms with Crippen molar-refractivity contribution in [2.24, 2.45) is 0 Å². The van der Waals surface area contributed by atoms with Crippen LogP contribution in [0.1, 0.15) is 306 Å². The SMILES string of the molecule is CCCCC/C=C\C/C=C\CCCCCCCCOC(=O)O[C@H]1CN(C)CCC1c1c(O)cc(O)c2c(=O)cc(-c3ccccc3Cl)oc12.CCCCC/C=C\C/C=C\CCCCCCCCOC(=O)Oc1cc(O)c(C2CCN(C)C[C@@H]2O)c2oc(-c3ccccc3Cl)cc(=O)c12.CCCCC/C=C\C/C=C\CCCCCCCCOC(=O)Oc1cc(O)c2c(=O)cc(-c3ccccc3Cl)oc2c1C1CCN(C)C[C@@H]1O. The van der Waals surface area contributed by atoms with E-state index in [2.05, 4.69) is 93.7 Å². The Bertz CT molecular complexity index is 5930. The van der Waals surface area contributed by atoms with Gasteiger partial charge in [0.1, 0.15) is 85.0 Å². The molecule has 0 amide bonds. The standard InChI is InChI=1S/3C40H52ClNO7/c1-3-4-5-6-7-8-9-10-11-12-13-14-15-16-17-20-25-47-40(46)49-36-27-32(43)37(30-23-24-42(2)28-34(30)45)39-38(36)33(44)26-35(48-39)29-21-18-19-22-31(29)41;1-3-4-5-6-7-8-9-10-11-12-13-14-15-16-17-20-25-47-40(46)49-36-27-33(44)38-32(43)26-35(29-21-18-19-22-31(29)41)48-39(38)37(36)30-23-24-42(2)28-34(30)45;1-3-4-5-6-7-8-9-10-11-12-13-14-15-16-17-20-25-47-40(46)49-36-28-42(2)24-23-30(36)37-32(43)26-33(44)38-34(45)27-35(48-39(37)38)29-21-18-19-22-31(29)41/h7-8,10-11,18-19,21-22,26-27,30,34,43,45H,3-6,9,12-17,20,23-25,28H2,1-2H3;7-8,10-11,18-19,21-22,26-27,30,34,44-45H,3-6,9,12-17,20,23-25,28H2,1-2H3;7-8,10-11,18-19,21-22,26-27,30,36,43-44H,3-6,9,12-17,20,23-25,28H2,1-2H3/b3*8-7-,11-10-/t2*30?,34-;30?,36-/m000/s1. The van der Waals surface area contributed by atoms with E-state index >= 15 is 0 Å². The third-order valence-electron chi connectivity index (χ3n) is 27.2. The zero-order chi connectivity index (χ0) is 105. The smallest absolute Gasteiger partial charge is 0.507 e. The van der Waals surface area contributed by atoms with Gasteiger partial charge >= 0.3 is 18.5 Å². The number of phenolic OH excluding ortho intramolecular Hbond substituents is 4. The molecule has 3 unspecified atom stereocenters. The van der Waals surface area contributed by atoms with Crippen LogP contribution in [0.15, 0.2) is 210 Å². The van der Waals surface area contributed by atoms with Crippen LogP contribution in [0.4, 0.5) is 14.4 Å². The second-order valence-electron chi connectivity index (χ2n) is 38.9. The van der Waals surface area contributed by atoms with E-state index in [9.17, 15) is 59.4 Å². The van der Waals surface area contributed by atoms with Gasteiger partial charge in [0.25, 0.3) is 0 Å². The highest BCUT2D eigenvalue weighted by Gasteiger charge is 2.40. The summed E-state index contributed by atoms with van der Waals surface area (Å²) < 4.78 is 51.9. The van der Waals surface area contributed by atoms with Crippen LogP contribution in [0, 0.1) is 0 Å².